The second kappa shape index (κ2) is 7.14. The first-order valence-corrected chi connectivity index (χ1v) is 5.18. The zero-order chi connectivity index (χ0) is 11.9. The number of methoxy groups -OCH3 is 2. The fraction of sp³-hybridized carbons (Fsp3) is 1.00. The van der Waals surface area contributed by atoms with Crippen molar-refractivity contribution in [2.45, 2.75) is 38.1 Å². The zero-order valence-corrected chi connectivity index (χ0v) is 10.1. The number of aliphatic hydroxyl groups excluding tert-OH is 1. The van der Waals surface area contributed by atoms with Gasteiger partial charge in [0.05, 0.1) is 5.54 Å². The number of aliphatic hydroxyl groups is 1. The third-order valence-corrected chi connectivity index (χ3v) is 2.51. The quantitative estimate of drug-likeness (QED) is 0.489. The van der Waals surface area contributed by atoms with Gasteiger partial charge in [0.25, 0.3) is 0 Å². The molecule has 0 heterocycles. The predicted octanol–water partition coefficient (Wildman–Crippen LogP) is -0.317. The summed E-state index contributed by atoms with van der Waals surface area (Å²) in [7, 11) is 3.17. The molecule has 0 spiro atoms. The van der Waals surface area contributed by atoms with Crippen LogP contribution in [-0.4, -0.2) is 50.3 Å². The van der Waals surface area contributed by atoms with Gasteiger partial charge in [0.1, 0.15) is 0 Å². The summed E-state index contributed by atoms with van der Waals surface area (Å²) in [6.45, 7) is 4.49. The Morgan fingerprint density at radius 2 is 1.93 bits per heavy atom. The average molecular weight is 220 g/mol. The maximum atomic E-state index is 8.83. The Balaban J connectivity index is 4.40. The molecule has 0 saturated heterocycles. The Morgan fingerprint density at radius 3 is 2.27 bits per heavy atom. The maximum absolute atomic E-state index is 8.83. The molecule has 5 heteroatoms. The minimum atomic E-state index is -0.446. The highest BCUT2D eigenvalue weighted by molar-refractivity contribution is 4.90. The van der Waals surface area contributed by atoms with Crippen LogP contribution in [0.1, 0.15) is 20.3 Å². The molecule has 0 aromatic rings. The van der Waals surface area contributed by atoms with E-state index in [9.17, 15) is 0 Å². The molecular weight excluding hydrogens is 196 g/mol. The van der Waals surface area contributed by atoms with Crippen LogP contribution in [0.25, 0.3) is 0 Å². The van der Waals surface area contributed by atoms with Gasteiger partial charge in [0.15, 0.2) is 6.29 Å². The number of rotatable bonds is 8. The molecule has 2 atom stereocenters. The van der Waals surface area contributed by atoms with Crippen LogP contribution in [0.4, 0.5) is 0 Å². The molecule has 92 valence electrons. The molecule has 0 amide bonds. The first-order valence-electron chi connectivity index (χ1n) is 5.18. The molecule has 0 bridgehead atoms. The van der Waals surface area contributed by atoms with Crippen LogP contribution in [0.15, 0.2) is 0 Å². The maximum Gasteiger partial charge on any atom is 0.175 e. The summed E-state index contributed by atoms with van der Waals surface area (Å²) < 4.78 is 10.4. The summed E-state index contributed by atoms with van der Waals surface area (Å²) in [5.41, 5.74) is 5.27. The van der Waals surface area contributed by atoms with Crippen molar-refractivity contribution in [2.75, 3.05) is 27.4 Å². The molecule has 0 radical (unpaired) electrons. The third-order valence-electron chi connectivity index (χ3n) is 2.51. The molecule has 0 aromatic carbocycles. The van der Waals surface area contributed by atoms with Crippen LogP contribution in [0.5, 0.6) is 0 Å². The SMILES string of the molecule is COC(OC)C(C)(CN)NC(C)CCO. The molecule has 0 aliphatic rings. The summed E-state index contributed by atoms with van der Waals surface area (Å²) in [6, 6.07) is 0.163. The van der Waals surface area contributed by atoms with Crippen LogP contribution >= 0.6 is 0 Å². The molecule has 2 unspecified atom stereocenters. The Hall–Kier alpha value is -0.200. The number of nitrogens with one attached hydrogen (secondary N) is 1. The van der Waals surface area contributed by atoms with Gasteiger partial charge in [0, 0.05) is 33.4 Å². The molecule has 5 nitrogen and oxygen atoms in total. The van der Waals surface area contributed by atoms with E-state index in [0.29, 0.717) is 13.0 Å². The van der Waals surface area contributed by atoms with Crippen molar-refractivity contribution in [3.63, 3.8) is 0 Å². The van der Waals surface area contributed by atoms with Crippen molar-refractivity contribution >= 4 is 0 Å². The highest BCUT2D eigenvalue weighted by atomic mass is 16.7. The van der Waals surface area contributed by atoms with E-state index in [1.807, 2.05) is 13.8 Å². The summed E-state index contributed by atoms with van der Waals surface area (Å²) in [5, 5.41) is 12.1. The van der Waals surface area contributed by atoms with Crippen molar-refractivity contribution < 1.29 is 14.6 Å². The lowest BCUT2D eigenvalue weighted by atomic mass is 9.99. The monoisotopic (exact) mass is 220 g/mol. The van der Waals surface area contributed by atoms with Gasteiger partial charge in [-0.05, 0) is 20.3 Å². The van der Waals surface area contributed by atoms with E-state index < -0.39 is 11.8 Å². The smallest absolute Gasteiger partial charge is 0.175 e. The van der Waals surface area contributed by atoms with Gasteiger partial charge in [-0.1, -0.05) is 0 Å². The minimum Gasteiger partial charge on any atom is -0.396 e. The van der Waals surface area contributed by atoms with Crippen molar-refractivity contribution in [3.8, 4) is 0 Å². The fourth-order valence-electron chi connectivity index (χ4n) is 1.67. The van der Waals surface area contributed by atoms with Gasteiger partial charge in [0.2, 0.25) is 0 Å². The van der Waals surface area contributed by atoms with E-state index in [2.05, 4.69) is 5.32 Å². The van der Waals surface area contributed by atoms with Crippen molar-refractivity contribution in [3.05, 3.63) is 0 Å². The van der Waals surface area contributed by atoms with Gasteiger partial charge in [-0.3, -0.25) is 0 Å². The first-order chi connectivity index (χ1) is 7.03. The molecule has 0 fully saturated rings. The lowest BCUT2D eigenvalue weighted by Crippen LogP contribution is -2.61. The molecule has 0 saturated carbocycles. The molecule has 4 N–H and O–H groups in total. The van der Waals surface area contributed by atoms with Gasteiger partial charge >= 0.3 is 0 Å². The van der Waals surface area contributed by atoms with Crippen molar-refractivity contribution in [1.29, 1.82) is 0 Å². The van der Waals surface area contributed by atoms with E-state index in [1.165, 1.54) is 0 Å². The Labute approximate surface area is 91.9 Å². The van der Waals surface area contributed by atoms with Crippen LogP contribution in [0.2, 0.25) is 0 Å². The van der Waals surface area contributed by atoms with Gasteiger partial charge in [-0.2, -0.15) is 0 Å². The lowest BCUT2D eigenvalue weighted by Gasteiger charge is -2.37. The van der Waals surface area contributed by atoms with Crippen LogP contribution in [0.3, 0.4) is 0 Å². The fourth-order valence-corrected chi connectivity index (χ4v) is 1.67. The zero-order valence-electron chi connectivity index (χ0n) is 10.1. The number of hydrogen-bond donors (Lipinski definition) is 3. The van der Waals surface area contributed by atoms with Gasteiger partial charge in [-0.15, -0.1) is 0 Å². The molecule has 0 rings (SSSR count). The minimum absolute atomic E-state index is 0.152. The first kappa shape index (κ1) is 14.8. The summed E-state index contributed by atoms with van der Waals surface area (Å²) in [4.78, 5) is 0. The summed E-state index contributed by atoms with van der Waals surface area (Å²) in [6.07, 6.45) is 0.277. The van der Waals surface area contributed by atoms with Crippen LogP contribution in [0, 0.1) is 0 Å². The van der Waals surface area contributed by atoms with E-state index in [-0.39, 0.29) is 12.6 Å². The summed E-state index contributed by atoms with van der Waals surface area (Å²) in [5.74, 6) is 0. The normalized spacial score (nSPS) is 17.8. The summed E-state index contributed by atoms with van der Waals surface area (Å²) >= 11 is 0. The van der Waals surface area contributed by atoms with Gasteiger partial charge < -0.3 is 25.6 Å². The van der Waals surface area contributed by atoms with Crippen molar-refractivity contribution in [2.24, 2.45) is 5.73 Å². The predicted molar refractivity (Wildman–Crippen MR) is 59.6 cm³/mol. The second-order valence-corrected chi connectivity index (χ2v) is 3.98. The number of hydrogen-bond acceptors (Lipinski definition) is 5. The molecule has 15 heavy (non-hydrogen) atoms. The van der Waals surface area contributed by atoms with E-state index in [0.717, 1.165) is 0 Å². The largest absolute Gasteiger partial charge is 0.396 e. The topological polar surface area (TPSA) is 76.7 Å². The van der Waals surface area contributed by atoms with Gasteiger partial charge in [-0.25, -0.2) is 0 Å². The highest BCUT2D eigenvalue weighted by Gasteiger charge is 2.34. The molecule has 0 aliphatic heterocycles. The Morgan fingerprint density at radius 1 is 1.40 bits per heavy atom. The second-order valence-electron chi connectivity index (χ2n) is 3.98. The van der Waals surface area contributed by atoms with Crippen LogP contribution in [-0.2, 0) is 9.47 Å². The number of ether oxygens (including phenoxy) is 2. The van der Waals surface area contributed by atoms with E-state index in [1.54, 1.807) is 14.2 Å². The molecule has 0 aliphatic carbocycles. The standard InChI is InChI=1S/C10H24N2O3/c1-8(5-6-13)12-10(2,7-11)9(14-3)15-4/h8-9,12-13H,5-7,11H2,1-4H3. The Kier molecular flexibility index (Phi) is 7.04. The van der Waals surface area contributed by atoms with E-state index in [4.69, 9.17) is 20.3 Å². The third kappa shape index (κ3) is 4.44. The van der Waals surface area contributed by atoms with E-state index >= 15 is 0 Å². The van der Waals surface area contributed by atoms with Crippen molar-refractivity contribution in [1.82, 2.24) is 5.32 Å². The molecule has 0 aromatic heterocycles. The average Bonchev–Trinajstić information content (AvgIpc) is 2.19. The molecular formula is C10H24N2O3. The Bertz CT molecular complexity index is 165. The highest BCUT2D eigenvalue weighted by Crippen LogP contribution is 2.14. The van der Waals surface area contributed by atoms with Crippen LogP contribution < -0.4 is 11.1 Å². The lowest BCUT2D eigenvalue weighted by molar-refractivity contribution is -0.151. The number of nitrogens with two attached hydrogens (primary N) is 1.